The molecule has 0 aliphatic rings. The number of hydrogen-bond acceptors (Lipinski definition) is 2. The van der Waals surface area contributed by atoms with Gasteiger partial charge in [0.1, 0.15) is 0 Å². The molecule has 2 aromatic rings. The lowest BCUT2D eigenvalue weighted by molar-refractivity contribution is 0.0935. The fourth-order valence-corrected chi connectivity index (χ4v) is 2.40. The largest absolute Gasteiger partial charge is 0.399 e. The molecule has 1 atom stereocenters. The molecule has 1 amide bonds. The zero-order valence-corrected chi connectivity index (χ0v) is 12.9. The van der Waals surface area contributed by atoms with Gasteiger partial charge in [0, 0.05) is 16.3 Å². The second-order valence-electron chi connectivity index (χ2n) is 5.06. The van der Waals surface area contributed by atoms with Crippen LogP contribution in [-0.2, 0) is 0 Å². The van der Waals surface area contributed by atoms with Crippen LogP contribution in [0.5, 0.6) is 0 Å². The molecule has 3 N–H and O–H groups in total. The first-order valence-electron chi connectivity index (χ1n) is 6.93. The lowest BCUT2D eigenvalue weighted by atomic mass is 10.0. The van der Waals surface area contributed by atoms with Gasteiger partial charge < -0.3 is 11.1 Å². The van der Waals surface area contributed by atoms with Crippen LogP contribution in [0.15, 0.2) is 42.5 Å². The smallest absolute Gasteiger partial charge is 0.251 e. The highest BCUT2D eigenvalue weighted by Gasteiger charge is 2.14. The molecule has 0 radical (unpaired) electrons. The number of hydrogen-bond donors (Lipinski definition) is 2. The van der Waals surface area contributed by atoms with Crippen LogP contribution >= 0.6 is 11.6 Å². The fourth-order valence-electron chi connectivity index (χ4n) is 2.20. The molecule has 0 fully saturated rings. The number of amides is 1. The number of benzene rings is 2. The maximum Gasteiger partial charge on any atom is 0.251 e. The van der Waals surface area contributed by atoms with Crippen molar-refractivity contribution in [2.24, 2.45) is 0 Å². The van der Waals surface area contributed by atoms with Crippen LogP contribution in [0.3, 0.4) is 0 Å². The second kappa shape index (κ2) is 6.64. The van der Waals surface area contributed by atoms with Gasteiger partial charge in [0.15, 0.2) is 0 Å². The number of nitrogens with one attached hydrogen (secondary N) is 1. The Morgan fingerprint density at radius 1 is 1.29 bits per heavy atom. The number of carbonyl (C=O) groups excluding carboxylic acids is 1. The lowest BCUT2D eigenvalue weighted by Gasteiger charge is -2.18. The van der Waals surface area contributed by atoms with E-state index >= 15 is 0 Å². The first kappa shape index (κ1) is 15.4. The van der Waals surface area contributed by atoms with Crippen LogP contribution in [0.4, 0.5) is 5.69 Å². The Morgan fingerprint density at radius 3 is 2.67 bits per heavy atom. The third-order valence-electron chi connectivity index (χ3n) is 3.50. The van der Waals surface area contributed by atoms with E-state index in [1.54, 1.807) is 18.2 Å². The normalized spacial score (nSPS) is 12.0. The first-order chi connectivity index (χ1) is 10.0. The van der Waals surface area contributed by atoms with Crippen LogP contribution in [0, 0.1) is 6.92 Å². The highest BCUT2D eigenvalue weighted by molar-refractivity contribution is 6.30. The maximum absolute atomic E-state index is 12.4. The molecule has 0 aromatic heterocycles. The highest BCUT2D eigenvalue weighted by Crippen LogP contribution is 2.21. The van der Waals surface area contributed by atoms with E-state index in [1.165, 1.54) is 0 Å². The topological polar surface area (TPSA) is 55.1 Å². The summed E-state index contributed by atoms with van der Waals surface area (Å²) in [6, 6.07) is 12.8. The Kier molecular flexibility index (Phi) is 4.86. The van der Waals surface area contributed by atoms with Crippen molar-refractivity contribution < 1.29 is 4.79 Å². The standard InChI is InChI=1S/C17H19ClN2O/c1-3-16(12-5-4-6-14(18)10-12)20-17(21)13-7-8-15(19)11(2)9-13/h4-10,16H,3,19H2,1-2H3,(H,20,21). The van der Waals surface area contributed by atoms with E-state index in [0.717, 1.165) is 17.5 Å². The number of carbonyl (C=O) groups is 1. The van der Waals surface area contributed by atoms with E-state index in [4.69, 9.17) is 17.3 Å². The van der Waals surface area contributed by atoms with Gasteiger partial charge >= 0.3 is 0 Å². The van der Waals surface area contributed by atoms with Crippen LogP contribution in [0.25, 0.3) is 0 Å². The Bertz CT molecular complexity index is 655. The van der Waals surface area contributed by atoms with E-state index in [9.17, 15) is 4.79 Å². The minimum Gasteiger partial charge on any atom is -0.399 e. The van der Waals surface area contributed by atoms with Gasteiger partial charge in [-0.15, -0.1) is 0 Å². The monoisotopic (exact) mass is 302 g/mol. The molecule has 0 bridgehead atoms. The second-order valence-corrected chi connectivity index (χ2v) is 5.50. The average Bonchev–Trinajstić information content (AvgIpc) is 2.47. The highest BCUT2D eigenvalue weighted by atomic mass is 35.5. The van der Waals surface area contributed by atoms with E-state index in [-0.39, 0.29) is 11.9 Å². The molecule has 0 saturated heterocycles. The summed E-state index contributed by atoms with van der Waals surface area (Å²) in [5, 5.41) is 3.70. The molecular formula is C17H19ClN2O. The Morgan fingerprint density at radius 2 is 2.05 bits per heavy atom. The maximum atomic E-state index is 12.4. The van der Waals surface area contributed by atoms with Crippen LogP contribution in [-0.4, -0.2) is 5.91 Å². The third-order valence-corrected chi connectivity index (χ3v) is 3.73. The molecular weight excluding hydrogens is 284 g/mol. The number of aryl methyl sites for hydroxylation is 1. The summed E-state index contributed by atoms with van der Waals surface area (Å²) >= 11 is 6.01. The molecule has 2 rings (SSSR count). The lowest BCUT2D eigenvalue weighted by Crippen LogP contribution is -2.28. The summed E-state index contributed by atoms with van der Waals surface area (Å²) in [4.78, 5) is 12.4. The van der Waals surface area contributed by atoms with Crippen molar-refractivity contribution >= 4 is 23.2 Å². The van der Waals surface area contributed by atoms with Gasteiger partial charge in [-0.25, -0.2) is 0 Å². The van der Waals surface area contributed by atoms with Gasteiger partial charge in [-0.2, -0.15) is 0 Å². The number of nitrogens with two attached hydrogens (primary N) is 1. The molecule has 110 valence electrons. The van der Waals surface area contributed by atoms with Crippen molar-refractivity contribution in [2.45, 2.75) is 26.3 Å². The number of rotatable bonds is 4. The van der Waals surface area contributed by atoms with Crippen molar-refractivity contribution in [2.75, 3.05) is 5.73 Å². The summed E-state index contributed by atoms with van der Waals surface area (Å²) < 4.78 is 0. The number of halogens is 1. The molecule has 21 heavy (non-hydrogen) atoms. The quantitative estimate of drug-likeness (QED) is 0.835. The zero-order valence-electron chi connectivity index (χ0n) is 12.2. The summed E-state index contributed by atoms with van der Waals surface area (Å²) in [5.41, 5.74) is 8.99. The zero-order chi connectivity index (χ0) is 15.4. The summed E-state index contributed by atoms with van der Waals surface area (Å²) in [6.07, 6.45) is 0.792. The minimum atomic E-state index is -0.107. The summed E-state index contributed by atoms with van der Waals surface area (Å²) in [5.74, 6) is -0.107. The van der Waals surface area contributed by atoms with E-state index in [1.807, 2.05) is 38.1 Å². The number of nitrogen functional groups attached to an aromatic ring is 1. The average molecular weight is 303 g/mol. The van der Waals surface area contributed by atoms with Gasteiger partial charge in [-0.1, -0.05) is 30.7 Å². The Labute approximate surface area is 130 Å². The van der Waals surface area contributed by atoms with Crippen molar-refractivity contribution in [1.29, 1.82) is 0 Å². The molecule has 3 nitrogen and oxygen atoms in total. The minimum absolute atomic E-state index is 0.0611. The molecule has 0 aliphatic carbocycles. The molecule has 2 aromatic carbocycles. The van der Waals surface area contributed by atoms with E-state index in [2.05, 4.69) is 5.32 Å². The van der Waals surface area contributed by atoms with E-state index in [0.29, 0.717) is 16.3 Å². The molecule has 0 aliphatic heterocycles. The van der Waals surface area contributed by atoms with Gasteiger partial charge in [-0.3, -0.25) is 4.79 Å². The van der Waals surface area contributed by atoms with Gasteiger partial charge in [0.25, 0.3) is 5.91 Å². The Hall–Kier alpha value is -2.00. The van der Waals surface area contributed by atoms with Crippen LogP contribution in [0.1, 0.15) is 40.9 Å². The van der Waals surface area contributed by atoms with Gasteiger partial charge in [0.05, 0.1) is 6.04 Å². The molecule has 0 heterocycles. The predicted octanol–water partition coefficient (Wildman–Crippen LogP) is 4.11. The van der Waals surface area contributed by atoms with Crippen molar-refractivity contribution in [3.05, 3.63) is 64.2 Å². The summed E-state index contributed by atoms with van der Waals surface area (Å²) in [6.45, 7) is 3.92. The molecule has 0 saturated carbocycles. The van der Waals surface area contributed by atoms with Gasteiger partial charge in [0.2, 0.25) is 0 Å². The van der Waals surface area contributed by atoms with E-state index < -0.39 is 0 Å². The van der Waals surface area contributed by atoms with Crippen molar-refractivity contribution in [1.82, 2.24) is 5.32 Å². The summed E-state index contributed by atoms with van der Waals surface area (Å²) in [7, 11) is 0. The van der Waals surface area contributed by atoms with Crippen LogP contribution in [0.2, 0.25) is 5.02 Å². The Balaban J connectivity index is 2.18. The van der Waals surface area contributed by atoms with Crippen molar-refractivity contribution in [3.63, 3.8) is 0 Å². The molecule has 4 heteroatoms. The third kappa shape index (κ3) is 3.76. The predicted molar refractivity (Wildman–Crippen MR) is 87.5 cm³/mol. The van der Waals surface area contributed by atoms with Crippen molar-refractivity contribution in [3.8, 4) is 0 Å². The fraction of sp³-hybridized carbons (Fsp3) is 0.235. The number of anilines is 1. The SMILES string of the molecule is CCC(NC(=O)c1ccc(N)c(C)c1)c1cccc(Cl)c1. The first-order valence-corrected chi connectivity index (χ1v) is 7.31. The van der Waals surface area contributed by atoms with Crippen LogP contribution < -0.4 is 11.1 Å². The van der Waals surface area contributed by atoms with Gasteiger partial charge in [-0.05, 0) is 54.8 Å². The molecule has 0 spiro atoms. The molecule has 1 unspecified atom stereocenters.